The van der Waals surface area contributed by atoms with E-state index in [0.29, 0.717) is 12.0 Å². The first kappa shape index (κ1) is 14.1. The molecule has 2 rings (SSSR count). The number of aromatic nitrogens is 2. The Kier molecular flexibility index (Phi) is 5.00. The third kappa shape index (κ3) is 3.17. The van der Waals surface area contributed by atoms with Gasteiger partial charge in [0.2, 0.25) is 5.88 Å². The van der Waals surface area contributed by atoms with Crippen LogP contribution in [0.3, 0.4) is 0 Å². The predicted molar refractivity (Wildman–Crippen MR) is 77.6 cm³/mol. The Bertz CT molecular complexity index is 408. The van der Waals surface area contributed by atoms with Gasteiger partial charge in [-0.2, -0.15) is 0 Å². The van der Waals surface area contributed by atoms with Crippen molar-refractivity contribution < 1.29 is 4.74 Å². The van der Waals surface area contributed by atoms with E-state index in [4.69, 9.17) is 4.74 Å². The monoisotopic (exact) mass is 263 g/mol. The van der Waals surface area contributed by atoms with Crippen molar-refractivity contribution >= 4 is 5.82 Å². The SMILES string of the molecule is CCc1c(NC)ncnc1OC1CCCCC1CC. The Labute approximate surface area is 116 Å². The van der Waals surface area contributed by atoms with E-state index in [0.717, 1.165) is 30.1 Å². The second-order valence-electron chi connectivity index (χ2n) is 5.22. The molecule has 1 fully saturated rings. The number of hydrogen-bond donors (Lipinski definition) is 1. The third-order valence-electron chi connectivity index (χ3n) is 4.12. The van der Waals surface area contributed by atoms with Crippen LogP contribution in [0.15, 0.2) is 6.33 Å². The number of rotatable bonds is 5. The fraction of sp³-hybridized carbons (Fsp3) is 0.733. The number of ether oxygens (including phenoxy) is 1. The Hall–Kier alpha value is -1.32. The van der Waals surface area contributed by atoms with Crippen LogP contribution >= 0.6 is 0 Å². The van der Waals surface area contributed by atoms with Crippen molar-refractivity contribution in [3.8, 4) is 5.88 Å². The number of nitrogens with zero attached hydrogens (tertiary/aromatic N) is 2. The van der Waals surface area contributed by atoms with E-state index in [1.165, 1.54) is 25.7 Å². The topological polar surface area (TPSA) is 47.0 Å². The van der Waals surface area contributed by atoms with Crippen molar-refractivity contribution in [2.45, 2.75) is 58.5 Å². The van der Waals surface area contributed by atoms with Gasteiger partial charge in [-0.05, 0) is 38.0 Å². The molecule has 2 atom stereocenters. The summed E-state index contributed by atoms with van der Waals surface area (Å²) in [6.07, 6.45) is 9.03. The van der Waals surface area contributed by atoms with Crippen LogP contribution in [0.5, 0.6) is 5.88 Å². The van der Waals surface area contributed by atoms with E-state index in [2.05, 4.69) is 29.1 Å². The lowest BCUT2D eigenvalue weighted by Gasteiger charge is -2.31. The van der Waals surface area contributed by atoms with Crippen LogP contribution in [0.25, 0.3) is 0 Å². The minimum Gasteiger partial charge on any atom is -0.474 e. The molecule has 1 aromatic rings. The molecule has 0 aromatic carbocycles. The van der Waals surface area contributed by atoms with Crippen molar-refractivity contribution in [1.82, 2.24) is 9.97 Å². The van der Waals surface area contributed by atoms with E-state index in [9.17, 15) is 0 Å². The van der Waals surface area contributed by atoms with Gasteiger partial charge in [-0.1, -0.05) is 20.3 Å². The average molecular weight is 263 g/mol. The Morgan fingerprint density at radius 2 is 2.05 bits per heavy atom. The lowest BCUT2D eigenvalue weighted by atomic mass is 9.85. The summed E-state index contributed by atoms with van der Waals surface area (Å²) in [7, 11) is 1.89. The second-order valence-corrected chi connectivity index (χ2v) is 5.22. The van der Waals surface area contributed by atoms with Gasteiger partial charge in [0.25, 0.3) is 0 Å². The molecule has 1 saturated carbocycles. The normalized spacial score (nSPS) is 23.1. The molecule has 1 aromatic heterocycles. The van der Waals surface area contributed by atoms with E-state index in [-0.39, 0.29) is 0 Å². The van der Waals surface area contributed by atoms with E-state index in [1.54, 1.807) is 6.33 Å². The summed E-state index contributed by atoms with van der Waals surface area (Å²) in [6.45, 7) is 4.37. The van der Waals surface area contributed by atoms with Gasteiger partial charge in [0.1, 0.15) is 18.2 Å². The first-order valence-electron chi connectivity index (χ1n) is 7.48. The summed E-state index contributed by atoms with van der Waals surface area (Å²) in [6, 6.07) is 0. The van der Waals surface area contributed by atoms with Crippen LogP contribution in [0.1, 0.15) is 51.5 Å². The van der Waals surface area contributed by atoms with Crippen molar-refractivity contribution in [2.24, 2.45) is 5.92 Å². The third-order valence-corrected chi connectivity index (χ3v) is 4.12. The van der Waals surface area contributed by atoms with Gasteiger partial charge >= 0.3 is 0 Å². The van der Waals surface area contributed by atoms with Gasteiger partial charge < -0.3 is 10.1 Å². The zero-order valence-corrected chi connectivity index (χ0v) is 12.3. The highest BCUT2D eigenvalue weighted by atomic mass is 16.5. The highest BCUT2D eigenvalue weighted by Gasteiger charge is 2.26. The molecule has 0 spiro atoms. The highest BCUT2D eigenvalue weighted by molar-refractivity contribution is 5.48. The number of anilines is 1. The van der Waals surface area contributed by atoms with Gasteiger partial charge in [0.15, 0.2) is 0 Å². The Morgan fingerprint density at radius 1 is 1.26 bits per heavy atom. The van der Waals surface area contributed by atoms with Gasteiger partial charge in [0, 0.05) is 7.05 Å². The minimum atomic E-state index is 0.323. The van der Waals surface area contributed by atoms with Crippen LogP contribution in [-0.2, 0) is 6.42 Å². The molecular weight excluding hydrogens is 238 g/mol. The summed E-state index contributed by atoms with van der Waals surface area (Å²) in [5.74, 6) is 2.33. The number of nitrogens with one attached hydrogen (secondary N) is 1. The summed E-state index contributed by atoms with van der Waals surface area (Å²) < 4.78 is 6.23. The maximum absolute atomic E-state index is 6.23. The standard InChI is InChI=1S/C15H25N3O/c1-4-11-8-6-7-9-13(11)19-15-12(5-2)14(16-3)17-10-18-15/h10-11,13H,4-9H2,1-3H3,(H,16,17,18). The summed E-state index contributed by atoms with van der Waals surface area (Å²) in [4.78, 5) is 8.61. The van der Waals surface area contributed by atoms with Crippen molar-refractivity contribution in [3.63, 3.8) is 0 Å². The molecule has 0 saturated heterocycles. The lowest BCUT2D eigenvalue weighted by molar-refractivity contribution is 0.0847. The number of hydrogen-bond acceptors (Lipinski definition) is 4. The van der Waals surface area contributed by atoms with Crippen molar-refractivity contribution in [3.05, 3.63) is 11.9 Å². The average Bonchev–Trinajstić information content (AvgIpc) is 2.47. The fourth-order valence-corrected chi connectivity index (χ4v) is 2.97. The minimum absolute atomic E-state index is 0.323. The maximum Gasteiger partial charge on any atom is 0.222 e. The zero-order valence-electron chi connectivity index (χ0n) is 12.3. The predicted octanol–water partition coefficient (Wildman–Crippen LogP) is 3.43. The quantitative estimate of drug-likeness (QED) is 0.884. The van der Waals surface area contributed by atoms with Crippen LogP contribution in [0.2, 0.25) is 0 Å². The smallest absolute Gasteiger partial charge is 0.222 e. The zero-order chi connectivity index (χ0) is 13.7. The molecule has 0 radical (unpaired) electrons. The molecule has 19 heavy (non-hydrogen) atoms. The largest absolute Gasteiger partial charge is 0.474 e. The van der Waals surface area contributed by atoms with Gasteiger partial charge in [0.05, 0.1) is 5.56 Å². The van der Waals surface area contributed by atoms with Gasteiger partial charge in [-0.3, -0.25) is 0 Å². The summed E-state index contributed by atoms with van der Waals surface area (Å²) in [5.41, 5.74) is 1.09. The van der Waals surface area contributed by atoms with Gasteiger partial charge in [-0.15, -0.1) is 0 Å². The summed E-state index contributed by atoms with van der Waals surface area (Å²) in [5, 5.41) is 3.12. The molecule has 1 heterocycles. The molecule has 4 nitrogen and oxygen atoms in total. The molecule has 0 aliphatic heterocycles. The van der Waals surface area contributed by atoms with Crippen LogP contribution in [0, 0.1) is 5.92 Å². The van der Waals surface area contributed by atoms with Crippen molar-refractivity contribution in [2.75, 3.05) is 12.4 Å². The van der Waals surface area contributed by atoms with Gasteiger partial charge in [-0.25, -0.2) is 9.97 Å². The molecule has 0 bridgehead atoms. The fourth-order valence-electron chi connectivity index (χ4n) is 2.97. The Balaban J connectivity index is 2.17. The first-order valence-corrected chi connectivity index (χ1v) is 7.48. The van der Waals surface area contributed by atoms with Crippen LogP contribution < -0.4 is 10.1 Å². The molecular formula is C15H25N3O. The molecule has 4 heteroatoms. The molecule has 0 amide bonds. The lowest BCUT2D eigenvalue weighted by Crippen LogP contribution is -2.30. The molecule has 2 unspecified atom stereocenters. The van der Waals surface area contributed by atoms with E-state index < -0.39 is 0 Å². The molecule has 1 aliphatic carbocycles. The maximum atomic E-state index is 6.23. The molecule has 1 aliphatic rings. The van der Waals surface area contributed by atoms with Crippen molar-refractivity contribution in [1.29, 1.82) is 0 Å². The highest BCUT2D eigenvalue weighted by Crippen LogP contribution is 2.32. The van der Waals surface area contributed by atoms with Crippen LogP contribution in [-0.4, -0.2) is 23.1 Å². The summed E-state index contributed by atoms with van der Waals surface area (Å²) >= 11 is 0. The van der Waals surface area contributed by atoms with E-state index >= 15 is 0 Å². The van der Waals surface area contributed by atoms with Crippen LogP contribution in [0.4, 0.5) is 5.82 Å². The Morgan fingerprint density at radius 3 is 2.74 bits per heavy atom. The first-order chi connectivity index (χ1) is 9.30. The molecule has 106 valence electrons. The second kappa shape index (κ2) is 6.73. The molecule has 1 N–H and O–H groups in total. The van der Waals surface area contributed by atoms with E-state index in [1.807, 2.05) is 7.05 Å².